The molecule has 0 aliphatic heterocycles. The summed E-state index contributed by atoms with van der Waals surface area (Å²) in [7, 11) is 0. The molecule has 0 rings (SSSR count). The van der Waals surface area contributed by atoms with E-state index in [4.69, 9.17) is 0 Å². The number of rotatable bonds is 7. The Hall–Kier alpha value is -0.0800. The van der Waals surface area contributed by atoms with Crippen molar-refractivity contribution < 1.29 is 5.11 Å². The maximum absolute atomic E-state index is 9.52. The van der Waals surface area contributed by atoms with E-state index in [-0.39, 0.29) is 6.10 Å². The van der Waals surface area contributed by atoms with E-state index < -0.39 is 0 Å². The molecular weight excluding hydrogens is 162 g/mol. The second-order valence-corrected chi connectivity index (χ2v) is 4.15. The van der Waals surface area contributed by atoms with Gasteiger partial charge in [0.05, 0.1) is 6.10 Å². The molecule has 80 valence electrons. The predicted molar refractivity (Wildman–Crippen MR) is 57.8 cm³/mol. The molecule has 0 aromatic rings. The zero-order valence-electron chi connectivity index (χ0n) is 9.51. The highest BCUT2D eigenvalue weighted by molar-refractivity contribution is 4.65. The molecule has 0 spiro atoms. The molecule has 2 nitrogen and oxygen atoms in total. The Balaban J connectivity index is 3.43. The van der Waals surface area contributed by atoms with Crippen molar-refractivity contribution in [2.45, 2.75) is 46.6 Å². The van der Waals surface area contributed by atoms with Crippen LogP contribution in [0.25, 0.3) is 0 Å². The van der Waals surface area contributed by atoms with E-state index >= 15 is 0 Å². The molecule has 2 N–H and O–H groups in total. The van der Waals surface area contributed by atoms with Crippen LogP contribution in [0.2, 0.25) is 0 Å². The lowest BCUT2D eigenvalue weighted by atomic mass is 10.0. The summed E-state index contributed by atoms with van der Waals surface area (Å²) in [6.45, 7) is 10.3. The molecule has 0 saturated carbocycles. The normalized spacial score (nSPS) is 14.1. The van der Waals surface area contributed by atoms with Crippen LogP contribution in [0, 0.1) is 11.8 Å². The van der Waals surface area contributed by atoms with E-state index in [1.807, 2.05) is 13.8 Å². The van der Waals surface area contributed by atoms with Gasteiger partial charge in [0.1, 0.15) is 0 Å². The smallest absolute Gasteiger partial charge is 0.0687 e. The lowest BCUT2D eigenvalue weighted by Gasteiger charge is -2.18. The van der Waals surface area contributed by atoms with E-state index in [1.54, 1.807) is 0 Å². The average molecular weight is 187 g/mol. The Labute approximate surface area is 82.7 Å². The van der Waals surface area contributed by atoms with Gasteiger partial charge >= 0.3 is 0 Å². The van der Waals surface area contributed by atoms with Crippen LogP contribution in [0.5, 0.6) is 0 Å². The lowest BCUT2D eigenvalue weighted by molar-refractivity contribution is 0.122. The zero-order chi connectivity index (χ0) is 10.3. The Kier molecular flexibility index (Phi) is 7.29. The highest BCUT2D eigenvalue weighted by Crippen LogP contribution is 2.05. The van der Waals surface area contributed by atoms with Crippen molar-refractivity contribution >= 4 is 0 Å². The van der Waals surface area contributed by atoms with Crippen molar-refractivity contribution in [2.75, 3.05) is 13.1 Å². The average Bonchev–Trinajstić information content (AvgIpc) is 2.12. The first kappa shape index (κ1) is 12.9. The molecule has 0 aromatic carbocycles. The standard InChI is InChI=1S/C11H25NO/c1-5-10(6-2)7-12-8-11(13)9(3)4/h9-13H,5-8H2,1-4H3. The van der Waals surface area contributed by atoms with Gasteiger partial charge in [-0.2, -0.15) is 0 Å². The highest BCUT2D eigenvalue weighted by Gasteiger charge is 2.09. The van der Waals surface area contributed by atoms with Crippen molar-refractivity contribution in [1.29, 1.82) is 0 Å². The fourth-order valence-corrected chi connectivity index (χ4v) is 1.25. The summed E-state index contributed by atoms with van der Waals surface area (Å²) in [4.78, 5) is 0. The summed E-state index contributed by atoms with van der Waals surface area (Å²) in [6.07, 6.45) is 2.25. The first-order chi connectivity index (χ1) is 6.11. The second kappa shape index (κ2) is 7.34. The first-order valence-electron chi connectivity index (χ1n) is 5.50. The van der Waals surface area contributed by atoms with E-state index in [2.05, 4.69) is 19.2 Å². The molecule has 0 saturated heterocycles. The van der Waals surface area contributed by atoms with E-state index in [0.29, 0.717) is 5.92 Å². The summed E-state index contributed by atoms with van der Waals surface area (Å²) in [6, 6.07) is 0. The van der Waals surface area contributed by atoms with Gasteiger partial charge in [-0.25, -0.2) is 0 Å². The summed E-state index contributed by atoms with van der Waals surface area (Å²) < 4.78 is 0. The molecule has 0 aromatic heterocycles. The maximum Gasteiger partial charge on any atom is 0.0687 e. The van der Waals surface area contributed by atoms with Crippen LogP contribution in [-0.4, -0.2) is 24.3 Å². The fourth-order valence-electron chi connectivity index (χ4n) is 1.25. The molecule has 0 radical (unpaired) electrons. The van der Waals surface area contributed by atoms with Crippen LogP contribution in [0.1, 0.15) is 40.5 Å². The van der Waals surface area contributed by atoms with Gasteiger partial charge in [0.25, 0.3) is 0 Å². The topological polar surface area (TPSA) is 32.3 Å². The maximum atomic E-state index is 9.52. The number of aliphatic hydroxyl groups excluding tert-OH is 1. The van der Waals surface area contributed by atoms with E-state index in [0.717, 1.165) is 19.0 Å². The Morgan fingerprint density at radius 2 is 1.62 bits per heavy atom. The number of aliphatic hydroxyl groups is 1. The summed E-state index contributed by atoms with van der Waals surface area (Å²) >= 11 is 0. The third-order valence-electron chi connectivity index (χ3n) is 2.71. The van der Waals surface area contributed by atoms with Crippen LogP contribution in [0.15, 0.2) is 0 Å². The van der Waals surface area contributed by atoms with Gasteiger partial charge < -0.3 is 10.4 Å². The van der Waals surface area contributed by atoms with Crippen molar-refractivity contribution in [1.82, 2.24) is 5.32 Å². The highest BCUT2D eigenvalue weighted by atomic mass is 16.3. The minimum absolute atomic E-state index is 0.200. The molecule has 1 unspecified atom stereocenters. The third-order valence-corrected chi connectivity index (χ3v) is 2.71. The number of hydrogen-bond donors (Lipinski definition) is 2. The van der Waals surface area contributed by atoms with Crippen molar-refractivity contribution in [3.05, 3.63) is 0 Å². The molecule has 0 amide bonds. The minimum atomic E-state index is -0.200. The van der Waals surface area contributed by atoms with Crippen molar-refractivity contribution in [3.8, 4) is 0 Å². The van der Waals surface area contributed by atoms with Gasteiger partial charge in [-0.15, -0.1) is 0 Å². The van der Waals surface area contributed by atoms with Gasteiger partial charge in [0, 0.05) is 6.54 Å². The molecule has 0 aliphatic rings. The molecule has 1 atom stereocenters. The van der Waals surface area contributed by atoms with Gasteiger partial charge in [-0.1, -0.05) is 40.5 Å². The Morgan fingerprint density at radius 1 is 1.08 bits per heavy atom. The van der Waals surface area contributed by atoms with E-state index in [1.165, 1.54) is 12.8 Å². The number of hydrogen-bond acceptors (Lipinski definition) is 2. The summed E-state index contributed by atoms with van der Waals surface area (Å²) in [5.41, 5.74) is 0. The van der Waals surface area contributed by atoms with Crippen LogP contribution in [-0.2, 0) is 0 Å². The van der Waals surface area contributed by atoms with Gasteiger partial charge in [-0.05, 0) is 18.4 Å². The van der Waals surface area contributed by atoms with Crippen LogP contribution < -0.4 is 5.32 Å². The zero-order valence-corrected chi connectivity index (χ0v) is 9.51. The van der Waals surface area contributed by atoms with Crippen LogP contribution >= 0.6 is 0 Å². The fraction of sp³-hybridized carbons (Fsp3) is 1.00. The van der Waals surface area contributed by atoms with Gasteiger partial charge in [0.2, 0.25) is 0 Å². The van der Waals surface area contributed by atoms with Crippen molar-refractivity contribution in [3.63, 3.8) is 0 Å². The molecule has 0 aliphatic carbocycles. The molecule has 13 heavy (non-hydrogen) atoms. The lowest BCUT2D eigenvalue weighted by Crippen LogP contribution is -2.33. The molecule has 0 fully saturated rings. The Bertz CT molecular complexity index is 109. The molecular formula is C11H25NO. The quantitative estimate of drug-likeness (QED) is 0.639. The number of nitrogens with one attached hydrogen (secondary N) is 1. The Morgan fingerprint density at radius 3 is 2.00 bits per heavy atom. The van der Waals surface area contributed by atoms with Gasteiger partial charge in [0.15, 0.2) is 0 Å². The summed E-state index contributed by atoms with van der Waals surface area (Å²) in [5, 5.41) is 12.8. The second-order valence-electron chi connectivity index (χ2n) is 4.15. The minimum Gasteiger partial charge on any atom is -0.392 e. The van der Waals surface area contributed by atoms with Gasteiger partial charge in [-0.3, -0.25) is 0 Å². The van der Waals surface area contributed by atoms with Crippen LogP contribution in [0.3, 0.4) is 0 Å². The molecule has 0 heterocycles. The summed E-state index contributed by atoms with van der Waals surface area (Å²) in [5.74, 6) is 1.12. The monoisotopic (exact) mass is 187 g/mol. The SMILES string of the molecule is CCC(CC)CNCC(O)C(C)C. The third kappa shape index (κ3) is 6.05. The van der Waals surface area contributed by atoms with E-state index in [9.17, 15) is 5.11 Å². The predicted octanol–water partition coefficient (Wildman–Crippen LogP) is 2.03. The first-order valence-corrected chi connectivity index (χ1v) is 5.50. The van der Waals surface area contributed by atoms with Crippen molar-refractivity contribution in [2.24, 2.45) is 11.8 Å². The molecule has 0 bridgehead atoms. The van der Waals surface area contributed by atoms with Crippen LogP contribution in [0.4, 0.5) is 0 Å². The molecule has 2 heteroatoms. The largest absolute Gasteiger partial charge is 0.392 e.